The molecule has 0 aliphatic heterocycles. The highest BCUT2D eigenvalue weighted by Crippen LogP contribution is 2.40. The fraction of sp³-hybridized carbons (Fsp3) is 1.00. The van der Waals surface area contributed by atoms with E-state index < -0.39 is 12.1 Å². The van der Waals surface area contributed by atoms with Crippen molar-refractivity contribution in [3.05, 3.63) is 0 Å². The van der Waals surface area contributed by atoms with Crippen LogP contribution >= 0.6 is 0 Å². The Kier molecular flexibility index (Phi) is 3.21. The van der Waals surface area contributed by atoms with Gasteiger partial charge in [0.1, 0.15) is 0 Å². The highest BCUT2D eigenvalue weighted by atomic mass is 19.4. The van der Waals surface area contributed by atoms with Crippen LogP contribution in [-0.4, -0.2) is 6.18 Å². The summed E-state index contributed by atoms with van der Waals surface area (Å²) in [5.41, 5.74) is -0.283. The molecule has 0 aliphatic rings. The van der Waals surface area contributed by atoms with Gasteiger partial charge in [0.05, 0.1) is 5.92 Å². The Bertz CT molecular complexity index is 123. The maximum atomic E-state index is 12.2. The third kappa shape index (κ3) is 3.03. The summed E-state index contributed by atoms with van der Waals surface area (Å²) >= 11 is 0. The highest BCUT2D eigenvalue weighted by molar-refractivity contribution is 4.78. The van der Waals surface area contributed by atoms with Gasteiger partial charge in [0.2, 0.25) is 0 Å². The predicted molar refractivity (Wildman–Crippen MR) is 43.8 cm³/mol. The quantitative estimate of drug-likeness (QED) is 0.577. The number of hydrogen-bond donors (Lipinski definition) is 0. The van der Waals surface area contributed by atoms with Crippen molar-refractivity contribution in [2.45, 2.75) is 40.8 Å². The molecule has 0 rings (SSSR count). The van der Waals surface area contributed by atoms with Gasteiger partial charge >= 0.3 is 6.18 Å². The van der Waals surface area contributed by atoms with E-state index in [0.29, 0.717) is 0 Å². The molecule has 0 saturated heterocycles. The second-order valence-electron chi connectivity index (χ2n) is 4.48. The normalized spacial score (nSPS) is 19.0. The Morgan fingerprint density at radius 2 is 1.17 bits per heavy atom. The standard InChI is InChI=1S/C9H17F3/c1-6(8(3,4)5)7(2)9(10,11)12/h6-7H,1-5H3. The molecule has 0 nitrogen and oxygen atoms in total. The SMILES string of the molecule is CC(C(C)C(F)(F)F)C(C)(C)C. The minimum atomic E-state index is -4.06. The number of alkyl halides is 3. The summed E-state index contributed by atoms with van der Waals surface area (Å²) in [6.45, 7) is 8.40. The summed E-state index contributed by atoms with van der Waals surface area (Å²) in [6, 6.07) is 0. The molecule has 74 valence electrons. The van der Waals surface area contributed by atoms with E-state index in [9.17, 15) is 13.2 Å². The van der Waals surface area contributed by atoms with E-state index in [1.54, 1.807) is 6.92 Å². The van der Waals surface area contributed by atoms with Crippen molar-refractivity contribution < 1.29 is 13.2 Å². The first kappa shape index (κ1) is 11.8. The summed E-state index contributed by atoms with van der Waals surface area (Å²) in [4.78, 5) is 0. The minimum absolute atomic E-state index is 0.283. The van der Waals surface area contributed by atoms with Crippen LogP contribution in [0.15, 0.2) is 0 Å². The van der Waals surface area contributed by atoms with Gasteiger partial charge in [-0.3, -0.25) is 0 Å². The Labute approximate surface area is 72.2 Å². The van der Waals surface area contributed by atoms with Gasteiger partial charge in [0.25, 0.3) is 0 Å². The Morgan fingerprint density at radius 3 is 1.25 bits per heavy atom. The molecule has 2 atom stereocenters. The van der Waals surface area contributed by atoms with Crippen LogP contribution in [0.25, 0.3) is 0 Å². The molecule has 2 unspecified atom stereocenters. The summed E-state index contributed by atoms with van der Waals surface area (Å²) in [6.07, 6.45) is -4.06. The van der Waals surface area contributed by atoms with Crippen molar-refractivity contribution in [2.75, 3.05) is 0 Å². The van der Waals surface area contributed by atoms with Gasteiger partial charge in [0.15, 0.2) is 0 Å². The molecular formula is C9H17F3. The molecule has 0 aliphatic carbocycles. The number of halogens is 3. The molecule has 0 amide bonds. The van der Waals surface area contributed by atoms with E-state index in [-0.39, 0.29) is 11.3 Å². The van der Waals surface area contributed by atoms with E-state index >= 15 is 0 Å². The lowest BCUT2D eigenvalue weighted by molar-refractivity contribution is -0.190. The zero-order chi connectivity index (χ0) is 10.2. The van der Waals surface area contributed by atoms with Crippen molar-refractivity contribution in [3.8, 4) is 0 Å². The van der Waals surface area contributed by atoms with Gasteiger partial charge < -0.3 is 0 Å². The van der Waals surface area contributed by atoms with E-state index in [1.807, 2.05) is 20.8 Å². The van der Waals surface area contributed by atoms with Crippen molar-refractivity contribution in [1.82, 2.24) is 0 Å². The average Bonchev–Trinajstić information content (AvgIpc) is 1.80. The number of rotatable bonds is 1. The van der Waals surface area contributed by atoms with E-state index in [1.165, 1.54) is 6.92 Å². The van der Waals surface area contributed by atoms with Crippen LogP contribution in [0.4, 0.5) is 13.2 Å². The van der Waals surface area contributed by atoms with Gasteiger partial charge in [-0.25, -0.2) is 0 Å². The van der Waals surface area contributed by atoms with Gasteiger partial charge in [-0.05, 0) is 11.3 Å². The Hall–Kier alpha value is -0.210. The van der Waals surface area contributed by atoms with Crippen LogP contribution in [0.5, 0.6) is 0 Å². The van der Waals surface area contributed by atoms with Crippen LogP contribution in [0.3, 0.4) is 0 Å². The van der Waals surface area contributed by atoms with Gasteiger partial charge in [-0.1, -0.05) is 34.6 Å². The molecule has 0 aromatic carbocycles. The number of hydrogen-bond acceptors (Lipinski definition) is 0. The third-order valence-corrected chi connectivity index (χ3v) is 2.63. The summed E-state index contributed by atoms with van der Waals surface area (Å²) < 4.78 is 36.7. The Morgan fingerprint density at radius 1 is 0.833 bits per heavy atom. The first-order valence-corrected chi connectivity index (χ1v) is 4.13. The second kappa shape index (κ2) is 3.27. The molecular weight excluding hydrogens is 165 g/mol. The summed E-state index contributed by atoms with van der Waals surface area (Å²) in [7, 11) is 0. The van der Waals surface area contributed by atoms with E-state index in [2.05, 4.69) is 0 Å². The maximum absolute atomic E-state index is 12.2. The lowest BCUT2D eigenvalue weighted by Gasteiger charge is -2.33. The highest BCUT2D eigenvalue weighted by Gasteiger charge is 2.42. The first-order chi connectivity index (χ1) is 5.07. The molecule has 3 heteroatoms. The molecule has 0 heterocycles. The van der Waals surface area contributed by atoms with Crippen molar-refractivity contribution in [3.63, 3.8) is 0 Å². The zero-order valence-electron chi connectivity index (χ0n) is 8.29. The largest absolute Gasteiger partial charge is 0.391 e. The Balaban J connectivity index is 4.41. The zero-order valence-corrected chi connectivity index (χ0v) is 8.29. The van der Waals surface area contributed by atoms with Gasteiger partial charge in [-0.2, -0.15) is 13.2 Å². The molecule has 0 bridgehead atoms. The molecule has 0 fully saturated rings. The lowest BCUT2D eigenvalue weighted by atomic mass is 9.75. The fourth-order valence-corrected chi connectivity index (χ4v) is 1.03. The average molecular weight is 182 g/mol. The molecule has 0 saturated carbocycles. The van der Waals surface area contributed by atoms with Crippen molar-refractivity contribution in [1.29, 1.82) is 0 Å². The maximum Gasteiger partial charge on any atom is 0.391 e. The molecule has 0 radical (unpaired) electrons. The topological polar surface area (TPSA) is 0 Å². The fourth-order valence-electron chi connectivity index (χ4n) is 1.03. The van der Waals surface area contributed by atoms with Crippen LogP contribution in [0.1, 0.15) is 34.6 Å². The molecule has 0 spiro atoms. The monoisotopic (exact) mass is 182 g/mol. The van der Waals surface area contributed by atoms with E-state index in [4.69, 9.17) is 0 Å². The van der Waals surface area contributed by atoms with Crippen molar-refractivity contribution >= 4 is 0 Å². The molecule has 0 aromatic rings. The molecule has 0 N–H and O–H groups in total. The van der Waals surface area contributed by atoms with Crippen LogP contribution in [0, 0.1) is 17.3 Å². The van der Waals surface area contributed by atoms with Crippen LogP contribution in [-0.2, 0) is 0 Å². The third-order valence-electron chi connectivity index (χ3n) is 2.63. The molecule has 0 aromatic heterocycles. The van der Waals surface area contributed by atoms with Crippen LogP contribution < -0.4 is 0 Å². The summed E-state index contributed by atoms with van der Waals surface area (Å²) in [5, 5.41) is 0. The van der Waals surface area contributed by atoms with Gasteiger partial charge in [-0.15, -0.1) is 0 Å². The first-order valence-electron chi connectivity index (χ1n) is 4.13. The lowest BCUT2D eigenvalue weighted by Crippen LogP contribution is -2.33. The minimum Gasteiger partial charge on any atom is -0.171 e. The van der Waals surface area contributed by atoms with E-state index in [0.717, 1.165) is 0 Å². The smallest absolute Gasteiger partial charge is 0.171 e. The predicted octanol–water partition coefficient (Wildman–Crippen LogP) is 3.87. The van der Waals surface area contributed by atoms with Gasteiger partial charge in [0, 0.05) is 0 Å². The molecule has 12 heavy (non-hydrogen) atoms. The van der Waals surface area contributed by atoms with Crippen molar-refractivity contribution in [2.24, 2.45) is 17.3 Å². The van der Waals surface area contributed by atoms with Crippen LogP contribution in [0.2, 0.25) is 0 Å². The summed E-state index contributed by atoms with van der Waals surface area (Å²) in [5.74, 6) is -1.57. The second-order valence-corrected chi connectivity index (χ2v) is 4.48.